The fourth-order valence-electron chi connectivity index (χ4n) is 5.32. The van der Waals surface area contributed by atoms with Gasteiger partial charge in [0.1, 0.15) is 34.4 Å². The van der Waals surface area contributed by atoms with Crippen molar-refractivity contribution in [3.63, 3.8) is 0 Å². The van der Waals surface area contributed by atoms with E-state index in [1.165, 1.54) is 11.1 Å². The van der Waals surface area contributed by atoms with Crippen molar-refractivity contribution < 1.29 is 12.6 Å². The van der Waals surface area contributed by atoms with Gasteiger partial charge >= 0.3 is 0 Å². The SMILES string of the molecule is O=C1C=C[C@@]2(OI)[C@@H]3CCC[C@@]24c2c(cccc2O[C@@H]14)C3. The summed E-state index contributed by atoms with van der Waals surface area (Å²) in [5.41, 5.74) is 1.91. The number of ketones is 1. The highest BCUT2D eigenvalue weighted by Gasteiger charge is 2.71. The molecule has 4 heteroatoms. The summed E-state index contributed by atoms with van der Waals surface area (Å²) in [5, 5.41) is 0. The fraction of sp³-hybridized carbons (Fsp3) is 0.471. The molecule has 1 saturated carbocycles. The van der Waals surface area contributed by atoms with Crippen LogP contribution in [0.1, 0.15) is 30.4 Å². The maximum Gasteiger partial charge on any atom is 0.196 e. The van der Waals surface area contributed by atoms with E-state index in [0.29, 0.717) is 5.92 Å². The molecule has 0 N–H and O–H groups in total. The van der Waals surface area contributed by atoms with Gasteiger partial charge in [-0.2, -0.15) is 0 Å². The van der Waals surface area contributed by atoms with Gasteiger partial charge in [-0.05, 0) is 49.0 Å². The lowest BCUT2D eigenvalue weighted by atomic mass is 9.47. The van der Waals surface area contributed by atoms with E-state index in [0.717, 1.165) is 31.4 Å². The zero-order chi connectivity index (χ0) is 14.2. The predicted octanol–water partition coefficient (Wildman–Crippen LogP) is 3.29. The summed E-state index contributed by atoms with van der Waals surface area (Å²) in [7, 11) is 0. The minimum Gasteiger partial charge on any atom is -0.481 e. The molecule has 108 valence electrons. The highest BCUT2D eigenvalue weighted by Crippen LogP contribution is 2.65. The molecular formula is C17H15IO3. The Bertz CT molecular complexity index is 697. The van der Waals surface area contributed by atoms with Crippen LogP contribution >= 0.6 is 23.0 Å². The Hall–Kier alpha value is -0.880. The first-order valence-corrected chi connectivity index (χ1v) is 8.43. The molecule has 2 bridgehead atoms. The molecule has 3 aliphatic carbocycles. The summed E-state index contributed by atoms with van der Waals surface area (Å²) < 4.78 is 12.2. The van der Waals surface area contributed by atoms with Crippen LogP contribution in [0.25, 0.3) is 0 Å². The molecule has 1 fully saturated rings. The van der Waals surface area contributed by atoms with E-state index < -0.39 is 6.10 Å². The van der Waals surface area contributed by atoms with Crippen molar-refractivity contribution in [1.82, 2.24) is 0 Å². The van der Waals surface area contributed by atoms with E-state index in [1.807, 2.05) is 41.2 Å². The number of hydrogen-bond donors (Lipinski definition) is 0. The first kappa shape index (κ1) is 12.6. The zero-order valence-electron chi connectivity index (χ0n) is 11.5. The van der Waals surface area contributed by atoms with Crippen LogP contribution < -0.4 is 4.74 Å². The number of carbonyl (C=O) groups excluding carboxylic acids is 1. The van der Waals surface area contributed by atoms with Crippen LogP contribution in [0.15, 0.2) is 30.4 Å². The minimum absolute atomic E-state index is 0.0868. The molecule has 1 aromatic carbocycles. The monoisotopic (exact) mass is 394 g/mol. The number of carbonyl (C=O) groups is 1. The smallest absolute Gasteiger partial charge is 0.196 e. The van der Waals surface area contributed by atoms with Gasteiger partial charge in [0.15, 0.2) is 11.9 Å². The Balaban J connectivity index is 1.91. The highest BCUT2D eigenvalue weighted by molar-refractivity contribution is 14.1. The molecule has 0 unspecified atom stereocenters. The van der Waals surface area contributed by atoms with Crippen molar-refractivity contribution in [2.45, 2.75) is 42.8 Å². The third-order valence-electron chi connectivity index (χ3n) is 6.03. The molecule has 0 amide bonds. The Morgan fingerprint density at radius 2 is 2.29 bits per heavy atom. The Morgan fingerprint density at radius 3 is 3.14 bits per heavy atom. The van der Waals surface area contributed by atoms with Crippen LogP contribution in [0.2, 0.25) is 0 Å². The number of ether oxygens (including phenoxy) is 1. The Morgan fingerprint density at radius 1 is 1.38 bits per heavy atom. The van der Waals surface area contributed by atoms with Crippen molar-refractivity contribution in [2.75, 3.05) is 0 Å². The first-order chi connectivity index (χ1) is 10.2. The van der Waals surface area contributed by atoms with Gasteiger partial charge in [0.25, 0.3) is 0 Å². The first-order valence-electron chi connectivity index (χ1n) is 7.55. The molecule has 5 rings (SSSR count). The molecule has 4 aliphatic rings. The average molecular weight is 394 g/mol. The van der Waals surface area contributed by atoms with E-state index >= 15 is 0 Å². The summed E-state index contributed by atoms with van der Waals surface area (Å²) in [6.07, 6.45) is 7.60. The molecule has 21 heavy (non-hydrogen) atoms. The van der Waals surface area contributed by atoms with Crippen molar-refractivity contribution in [1.29, 1.82) is 0 Å². The maximum atomic E-state index is 12.5. The van der Waals surface area contributed by atoms with Gasteiger partial charge in [-0.3, -0.25) is 4.79 Å². The lowest BCUT2D eigenvalue weighted by molar-refractivity contribution is -0.135. The average Bonchev–Trinajstić information content (AvgIpc) is 2.83. The van der Waals surface area contributed by atoms with Gasteiger partial charge in [-0.1, -0.05) is 18.6 Å². The summed E-state index contributed by atoms with van der Waals surface area (Å²) >= 11 is 2.04. The second kappa shape index (κ2) is 3.90. The number of hydrogen-bond acceptors (Lipinski definition) is 3. The van der Waals surface area contributed by atoms with Crippen LogP contribution in [0.3, 0.4) is 0 Å². The number of benzene rings is 1. The lowest BCUT2D eigenvalue weighted by Gasteiger charge is -2.58. The van der Waals surface area contributed by atoms with Crippen LogP contribution in [0.5, 0.6) is 5.75 Å². The van der Waals surface area contributed by atoms with Gasteiger partial charge < -0.3 is 7.80 Å². The largest absolute Gasteiger partial charge is 0.481 e. The topological polar surface area (TPSA) is 35.5 Å². The second-order valence-corrected chi connectivity index (χ2v) is 7.10. The van der Waals surface area contributed by atoms with Crippen LogP contribution in [0, 0.1) is 5.92 Å². The number of halogens is 1. The quantitative estimate of drug-likeness (QED) is 0.686. The summed E-state index contributed by atoms with van der Waals surface area (Å²) in [5.74, 6) is 1.41. The van der Waals surface area contributed by atoms with Gasteiger partial charge in [-0.25, -0.2) is 0 Å². The van der Waals surface area contributed by atoms with Crippen LogP contribution in [-0.4, -0.2) is 17.5 Å². The lowest BCUT2D eigenvalue weighted by Crippen LogP contribution is -2.68. The molecule has 0 saturated heterocycles. The van der Waals surface area contributed by atoms with E-state index in [9.17, 15) is 4.79 Å². The van der Waals surface area contributed by atoms with Gasteiger partial charge in [0.05, 0.1) is 5.41 Å². The minimum atomic E-state index is -0.406. The maximum absolute atomic E-state index is 12.5. The standard InChI is InChI=1S/C17H15IO3/c18-21-17-8-6-12(19)15-16(17)7-2-4-11(17)9-10-3-1-5-13(20-15)14(10)16/h1,3,5-6,8,11,15H,2,4,7,9H2/t11-,15+,16+,17-/m1/s1. The van der Waals surface area contributed by atoms with E-state index in [-0.39, 0.29) is 16.8 Å². The molecule has 1 aromatic rings. The van der Waals surface area contributed by atoms with Crippen LogP contribution in [0.4, 0.5) is 0 Å². The molecule has 0 radical (unpaired) electrons. The molecule has 4 atom stereocenters. The highest BCUT2D eigenvalue weighted by atomic mass is 127. The normalized spacial score (nSPS) is 41.7. The Labute approximate surface area is 137 Å². The summed E-state index contributed by atoms with van der Waals surface area (Å²) in [6.45, 7) is 0. The zero-order valence-corrected chi connectivity index (χ0v) is 13.6. The molecule has 1 aliphatic heterocycles. The molecule has 0 aromatic heterocycles. The third-order valence-corrected chi connectivity index (χ3v) is 6.75. The molecular weight excluding hydrogens is 379 g/mol. The van der Waals surface area contributed by atoms with Crippen molar-refractivity contribution in [3.05, 3.63) is 41.5 Å². The van der Waals surface area contributed by atoms with Gasteiger partial charge in [0.2, 0.25) is 0 Å². The number of rotatable bonds is 1. The van der Waals surface area contributed by atoms with Gasteiger partial charge in [0, 0.05) is 5.56 Å². The van der Waals surface area contributed by atoms with E-state index in [1.54, 1.807) is 6.08 Å². The summed E-state index contributed by atoms with van der Waals surface area (Å²) in [4.78, 5) is 12.5. The van der Waals surface area contributed by atoms with Crippen LogP contribution in [-0.2, 0) is 19.7 Å². The Kier molecular flexibility index (Phi) is 2.35. The molecule has 3 nitrogen and oxygen atoms in total. The van der Waals surface area contributed by atoms with Gasteiger partial charge in [-0.15, -0.1) is 0 Å². The summed E-state index contributed by atoms with van der Waals surface area (Å²) in [6, 6.07) is 6.25. The van der Waals surface area contributed by atoms with Crippen molar-refractivity contribution in [2.24, 2.45) is 5.92 Å². The van der Waals surface area contributed by atoms with E-state index in [2.05, 4.69) is 6.07 Å². The molecule has 1 heterocycles. The van der Waals surface area contributed by atoms with Crippen molar-refractivity contribution >= 4 is 28.8 Å². The predicted molar refractivity (Wildman–Crippen MR) is 85.6 cm³/mol. The fourth-order valence-corrected chi connectivity index (χ4v) is 6.22. The van der Waals surface area contributed by atoms with E-state index in [4.69, 9.17) is 7.80 Å². The molecule has 1 spiro atoms. The second-order valence-electron chi connectivity index (χ2n) is 6.66. The van der Waals surface area contributed by atoms with Crippen molar-refractivity contribution in [3.8, 4) is 5.75 Å². The third kappa shape index (κ3) is 1.21.